The van der Waals surface area contributed by atoms with Gasteiger partial charge in [0.25, 0.3) is 10.0 Å². The Morgan fingerprint density at radius 3 is 2.26 bits per heavy atom. The topological polar surface area (TPSA) is 101 Å². The van der Waals surface area contributed by atoms with Gasteiger partial charge in [-0.05, 0) is 54.3 Å². The Kier molecular flexibility index (Phi) is 6.60. The summed E-state index contributed by atoms with van der Waals surface area (Å²) in [5.41, 5.74) is 3.50. The summed E-state index contributed by atoms with van der Waals surface area (Å²) in [7, 11) is -3.70. The average Bonchev–Trinajstić information content (AvgIpc) is 3.06. The Morgan fingerprint density at radius 1 is 1.03 bits per heavy atom. The van der Waals surface area contributed by atoms with Crippen molar-refractivity contribution in [2.75, 3.05) is 10.0 Å². The maximum absolute atomic E-state index is 12.7. The normalized spacial score (nSPS) is 11.8. The number of anilines is 2. The van der Waals surface area contributed by atoms with Gasteiger partial charge < -0.3 is 9.84 Å². The molecule has 0 aliphatic heterocycles. The summed E-state index contributed by atoms with van der Waals surface area (Å²) in [4.78, 5) is 11.5. The number of benzene rings is 2. The first-order chi connectivity index (χ1) is 14.7. The van der Waals surface area contributed by atoms with E-state index >= 15 is 0 Å². The van der Waals surface area contributed by atoms with E-state index in [1.165, 1.54) is 19.1 Å². The number of amides is 1. The van der Waals surface area contributed by atoms with Crippen molar-refractivity contribution in [3.8, 4) is 0 Å². The molecule has 31 heavy (non-hydrogen) atoms. The van der Waals surface area contributed by atoms with Crippen molar-refractivity contribution in [2.24, 2.45) is 0 Å². The zero-order valence-electron chi connectivity index (χ0n) is 17.8. The van der Waals surface area contributed by atoms with Gasteiger partial charge in [0.05, 0.1) is 4.90 Å². The van der Waals surface area contributed by atoms with Crippen LogP contribution in [0.25, 0.3) is 12.2 Å². The molecule has 0 unspecified atom stereocenters. The Labute approximate surface area is 182 Å². The predicted molar refractivity (Wildman–Crippen MR) is 122 cm³/mol. The summed E-state index contributed by atoms with van der Waals surface area (Å²) in [5, 5.41) is 6.54. The number of nitrogens with zero attached hydrogens (tertiary/aromatic N) is 1. The standard InChI is InChI=1S/C23H25N3O4S/c1-15(2)19-8-10-20(11-9-19)26-31(28,29)21-12-5-18(6-13-21)7-14-22-23(24-17(4)27)16(3)25-30-22/h5-15,26H,1-4H3,(H,24,27)/b14-7-. The lowest BCUT2D eigenvalue weighted by molar-refractivity contribution is -0.114. The number of aryl methyl sites for hydroxylation is 1. The predicted octanol–water partition coefficient (Wildman–Crippen LogP) is 5.04. The van der Waals surface area contributed by atoms with Gasteiger partial charge in [-0.3, -0.25) is 9.52 Å². The lowest BCUT2D eigenvalue weighted by Gasteiger charge is -2.10. The third-order valence-corrected chi connectivity index (χ3v) is 6.03. The quantitative estimate of drug-likeness (QED) is 0.537. The molecule has 1 amide bonds. The van der Waals surface area contributed by atoms with Crippen LogP contribution in [-0.2, 0) is 14.8 Å². The van der Waals surface area contributed by atoms with Crippen LogP contribution in [0.4, 0.5) is 11.4 Å². The number of carbonyl (C=O) groups is 1. The molecule has 0 fully saturated rings. The minimum atomic E-state index is -3.70. The van der Waals surface area contributed by atoms with Gasteiger partial charge in [-0.25, -0.2) is 8.42 Å². The maximum Gasteiger partial charge on any atom is 0.261 e. The zero-order chi connectivity index (χ0) is 22.6. The highest BCUT2D eigenvalue weighted by molar-refractivity contribution is 7.92. The zero-order valence-corrected chi connectivity index (χ0v) is 18.7. The van der Waals surface area contributed by atoms with Crippen LogP contribution < -0.4 is 10.0 Å². The molecule has 2 aromatic carbocycles. The number of rotatable bonds is 7. The molecule has 0 saturated heterocycles. The average molecular weight is 440 g/mol. The maximum atomic E-state index is 12.7. The van der Waals surface area contributed by atoms with E-state index in [2.05, 4.69) is 29.0 Å². The molecule has 1 heterocycles. The van der Waals surface area contributed by atoms with Crippen molar-refractivity contribution >= 4 is 39.5 Å². The molecule has 0 atom stereocenters. The largest absolute Gasteiger partial charge is 0.354 e. The van der Waals surface area contributed by atoms with E-state index in [0.717, 1.165) is 11.1 Å². The van der Waals surface area contributed by atoms with Gasteiger partial charge in [-0.2, -0.15) is 0 Å². The fourth-order valence-electron chi connectivity index (χ4n) is 2.91. The molecule has 162 valence electrons. The summed E-state index contributed by atoms with van der Waals surface area (Å²) in [6, 6.07) is 13.8. The minimum absolute atomic E-state index is 0.159. The summed E-state index contributed by atoms with van der Waals surface area (Å²) < 4.78 is 33.2. The van der Waals surface area contributed by atoms with Crippen LogP contribution in [0.15, 0.2) is 57.9 Å². The molecule has 1 aromatic heterocycles. The highest BCUT2D eigenvalue weighted by atomic mass is 32.2. The van der Waals surface area contributed by atoms with E-state index in [0.29, 0.717) is 28.7 Å². The Balaban J connectivity index is 1.73. The van der Waals surface area contributed by atoms with Gasteiger partial charge in [0.15, 0.2) is 5.76 Å². The first kappa shape index (κ1) is 22.3. The van der Waals surface area contributed by atoms with Crippen molar-refractivity contribution in [1.82, 2.24) is 5.16 Å². The van der Waals surface area contributed by atoms with Crippen LogP contribution in [0.1, 0.15) is 49.3 Å². The number of sulfonamides is 1. The number of hydrogen-bond donors (Lipinski definition) is 2. The van der Waals surface area contributed by atoms with E-state index < -0.39 is 10.0 Å². The van der Waals surface area contributed by atoms with Crippen LogP contribution in [0.3, 0.4) is 0 Å². The van der Waals surface area contributed by atoms with Crippen LogP contribution >= 0.6 is 0 Å². The Bertz CT molecular complexity index is 1190. The van der Waals surface area contributed by atoms with Crippen LogP contribution in [0.5, 0.6) is 0 Å². The summed E-state index contributed by atoms with van der Waals surface area (Å²) in [6.07, 6.45) is 3.42. The van der Waals surface area contributed by atoms with Gasteiger partial charge >= 0.3 is 0 Å². The van der Waals surface area contributed by atoms with Gasteiger partial charge in [0.1, 0.15) is 11.4 Å². The lowest BCUT2D eigenvalue weighted by Crippen LogP contribution is -2.12. The fourth-order valence-corrected chi connectivity index (χ4v) is 3.97. The van der Waals surface area contributed by atoms with Gasteiger partial charge in [-0.15, -0.1) is 0 Å². The van der Waals surface area contributed by atoms with Crippen LogP contribution in [0, 0.1) is 6.92 Å². The van der Waals surface area contributed by atoms with E-state index in [1.54, 1.807) is 43.3 Å². The molecule has 0 aliphatic rings. The SMILES string of the molecule is CC(=O)Nc1c(C)noc1/C=C\c1ccc(S(=O)(=O)Nc2ccc(C(C)C)cc2)cc1. The van der Waals surface area contributed by atoms with Crippen LogP contribution in [0.2, 0.25) is 0 Å². The third-order valence-electron chi connectivity index (χ3n) is 4.64. The molecular formula is C23H25N3O4S. The second kappa shape index (κ2) is 9.18. The van der Waals surface area contributed by atoms with Crippen molar-refractivity contribution in [3.05, 3.63) is 71.1 Å². The van der Waals surface area contributed by atoms with Crippen molar-refractivity contribution < 1.29 is 17.7 Å². The van der Waals surface area contributed by atoms with E-state index in [4.69, 9.17) is 4.52 Å². The molecular weight excluding hydrogens is 414 g/mol. The smallest absolute Gasteiger partial charge is 0.261 e. The summed E-state index contributed by atoms with van der Waals surface area (Å²) >= 11 is 0. The molecule has 3 rings (SSSR count). The van der Waals surface area contributed by atoms with Crippen molar-refractivity contribution in [3.63, 3.8) is 0 Å². The first-order valence-corrected chi connectivity index (χ1v) is 11.3. The Morgan fingerprint density at radius 2 is 1.68 bits per heavy atom. The number of aromatic nitrogens is 1. The molecule has 0 radical (unpaired) electrons. The highest BCUT2D eigenvalue weighted by Gasteiger charge is 2.15. The molecule has 7 nitrogen and oxygen atoms in total. The summed E-state index contributed by atoms with van der Waals surface area (Å²) in [5.74, 6) is 0.569. The lowest BCUT2D eigenvalue weighted by atomic mass is 10.0. The van der Waals surface area contributed by atoms with Gasteiger partial charge in [-0.1, -0.05) is 49.3 Å². The van der Waals surface area contributed by atoms with Crippen molar-refractivity contribution in [1.29, 1.82) is 0 Å². The van der Waals surface area contributed by atoms with Gasteiger partial charge in [0.2, 0.25) is 5.91 Å². The van der Waals surface area contributed by atoms with E-state index in [9.17, 15) is 13.2 Å². The van der Waals surface area contributed by atoms with E-state index in [-0.39, 0.29) is 10.8 Å². The molecule has 0 aliphatic carbocycles. The number of nitrogens with one attached hydrogen (secondary N) is 2. The monoisotopic (exact) mass is 439 g/mol. The second-order valence-electron chi connectivity index (χ2n) is 7.47. The van der Waals surface area contributed by atoms with E-state index in [1.807, 2.05) is 12.1 Å². The first-order valence-electron chi connectivity index (χ1n) is 9.80. The van der Waals surface area contributed by atoms with Crippen LogP contribution in [-0.4, -0.2) is 19.5 Å². The highest BCUT2D eigenvalue weighted by Crippen LogP contribution is 2.23. The summed E-state index contributed by atoms with van der Waals surface area (Å²) in [6.45, 7) is 7.31. The molecule has 0 spiro atoms. The third kappa shape index (κ3) is 5.61. The molecule has 0 saturated carbocycles. The minimum Gasteiger partial charge on any atom is -0.354 e. The Hall–Kier alpha value is -3.39. The molecule has 2 N–H and O–H groups in total. The molecule has 8 heteroatoms. The molecule has 3 aromatic rings. The van der Waals surface area contributed by atoms with Gasteiger partial charge in [0, 0.05) is 12.6 Å². The number of carbonyl (C=O) groups excluding carboxylic acids is 1. The molecule has 0 bridgehead atoms. The number of hydrogen-bond acceptors (Lipinski definition) is 5. The second-order valence-corrected chi connectivity index (χ2v) is 9.16. The van der Waals surface area contributed by atoms with Crippen molar-refractivity contribution in [2.45, 2.75) is 38.5 Å². The fraction of sp³-hybridized carbons (Fsp3) is 0.217.